The van der Waals surface area contributed by atoms with Gasteiger partial charge in [0.1, 0.15) is 0 Å². The summed E-state index contributed by atoms with van der Waals surface area (Å²) in [4.78, 5) is 24.1. The first-order valence-electron chi connectivity index (χ1n) is 6.00. The van der Waals surface area contributed by atoms with E-state index < -0.39 is 11.8 Å². The van der Waals surface area contributed by atoms with Gasteiger partial charge in [0, 0.05) is 15.6 Å². The molecular weight excluding hydrogens is 310 g/mol. The summed E-state index contributed by atoms with van der Waals surface area (Å²) < 4.78 is 0. The fourth-order valence-corrected chi connectivity index (χ4v) is 2.35. The van der Waals surface area contributed by atoms with Gasteiger partial charge in [0.2, 0.25) is 0 Å². The third-order valence-corrected chi connectivity index (χ3v) is 3.76. The summed E-state index contributed by atoms with van der Waals surface area (Å²) in [6, 6.07) is 8.39. The number of nitrogens with one attached hydrogen (secondary N) is 2. The number of hydrazone groups is 1. The van der Waals surface area contributed by atoms with Gasteiger partial charge in [0.25, 0.3) is 0 Å². The van der Waals surface area contributed by atoms with E-state index in [1.807, 2.05) is 18.4 Å². The molecule has 0 unspecified atom stereocenters. The summed E-state index contributed by atoms with van der Waals surface area (Å²) in [5.74, 6) is -1.63. The Morgan fingerprint density at radius 3 is 2.52 bits per heavy atom. The highest BCUT2D eigenvalue weighted by Crippen LogP contribution is 2.13. The van der Waals surface area contributed by atoms with Crippen LogP contribution >= 0.6 is 22.9 Å². The van der Waals surface area contributed by atoms with E-state index in [0.29, 0.717) is 10.7 Å². The number of hydrogen-bond donors (Lipinski definition) is 2. The van der Waals surface area contributed by atoms with E-state index >= 15 is 0 Å². The molecule has 7 heteroatoms. The van der Waals surface area contributed by atoms with Crippen LogP contribution in [0.2, 0.25) is 5.02 Å². The van der Waals surface area contributed by atoms with Gasteiger partial charge in [0.15, 0.2) is 0 Å². The van der Waals surface area contributed by atoms with Crippen molar-refractivity contribution in [2.24, 2.45) is 5.10 Å². The first-order valence-corrected chi connectivity index (χ1v) is 7.26. The first-order chi connectivity index (χ1) is 10.1. The molecule has 0 aliphatic heterocycles. The van der Waals surface area contributed by atoms with Crippen LogP contribution in [0.4, 0.5) is 5.69 Å². The normalized spacial score (nSPS) is 10.6. The summed E-state index contributed by atoms with van der Waals surface area (Å²) in [6.07, 6.45) is 1.51. The third kappa shape index (κ3) is 4.40. The molecular formula is C14H12ClN3O2S. The van der Waals surface area contributed by atoms with Gasteiger partial charge in [-0.3, -0.25) is 9.59 Å². The summed E-state index contributed by atoms with van der Waals surface area (Å²) >= 11 is 7.23. The van der Waals surface area contributed by atoms with Crippen LogP contribution in [-0.4, -0.2) is 18.0 Å². The van der Waals surface area contributed by atoms with E-state index in [2.05, 4.69) is 15.8 Å². The Morgan fingerprint density at radius 1 is 1.19 bits per heavy atom. The Kier molecular flexibility index (Phi) is 5.08. The van der Waals surface area contributed by atoms with Crippen molar-refractivity contribution >= 4 is 46.7 Å². The number of nitrogens with zero attached hydrogens (tertiary/aromatic N) is 1. The maximum Gasteiger partial charge on any atom is 0.329 e. The molecule has 0 saturated heterocycles. The number of aryl methyl sites for hydroxylation is 1. The number of anilines is 1. The number of amides is 2. The number of halogens is 1. The molecule has 0 bridgehead atoms. The molecule has 5 nitrogen and oxygen atoms in total. The van der Waals surface area contributed by atoms with Gasteiger partial charge < -0.3 is 5.32 Å². The molecule has 0 aliphatic carbocycles. The fraction of sp³-hybridized carbons (Fsp3) is 0.0714. The van der Waals surface area contributed by atoms with Crippen LogP contribution in [0.5, 0.6) is 0 Å². The predicted octanol–water partition coefficient (Wildman–Crippen LogP) is 2.80. The number of carbonyl (C=O) groups excluding carboxylic acids is 2. The minimum atomic E-state index is -0.838. The van der Waals surface area contributed by atoms with Gasteiger partial charge in [-0.2, -0.15) is 5.10 Å². The zero-order chi connectivity index (χ0) is 15.2. The van der Waals surface area contributed by atoms with E-state index in [0.717, 1.165) is 10.4 Å². The maximum absolute atomic E-state index is 11.6. The quantitative estimate of drug-likeness (QED) is 0.518. The van der Waals surface area contributed by atoms with Crippen LogP contribution in [0.15, 0.2) is 40.8 Å². The van der Waals surface area contributed by atoms with E-state index in [1.54, 1.807) is 24.3 Å². The Morgan fingerprint density at radius 2 is 1.90 bits per heavy atom. The number of carbonyl (C=O) groups is 2. The Balaban J connectivity index is 1.88. The van der Waals surface area contributed by atoms with E-state index in [1.165, 1.54) is 17.6 Å². The highest BCUT2D eigenvalue weighted by atomic mass is 35.5. The monoisotopic (exact) mass is 321 g/mol. The van der Waals surface area contributed by atoms with Crippen molar-refractivity contribution in [3.8, 4) is 0 Å². The SMILES string of the molecule is Cc1ccsc1C=NNC(=O)C(=O)Nc1ccc(Cl)cc1. The van der Waals surface area contributed by atoms with Crippen molar-refractivity contribution in [2.45, 2.75) is 6.92 Å². The number of thiophene rings is 1. The van der Waals surface area contributed by atoms with Crippen molar-refractivity contribution in [3.05, 3.63) is 51.2 Å². The standard InChI is InChI=1S/C14H12ClN3O2S/c1-9-6-7-21-12(9)8-16-18-14(20)13(19)17-11-4-2-10(15)3-5-11/h2-8H,1H3,(H,17,19)(H,18,20). The predicted molar refractivity (Wildman–Crippen MR) is 84.9 cm³/mol. The van der Waals surface area contributed by atoms with Gasteiger partial charge in [-0.1, -0.05) is 11.6 Å². The lowest BCUT2D eigenvalue weighted by Crippen LogP contribution is -2.32. The smallest absolute Gasteiger partial charge is 0.318 e. The lowest BCUT2D eigenvalue weighted by molar-refractivity contribution is -0.136. The van der Waals surface area contributed by atoms with Crippen molar-refractivity contribution < 1.29 is 9.59 Å². The zero-order valence-corrected chi connectivity index (χ0v) is 12.7. The zero-order valence-electron chi connectivity index (χ0n) is 11.1. The Labute approximate surface area is 130 Å². The van der Waals surface area contributed by atoms with Crippen LogP contribution in [0.25, 0.3) is 0 Å². The summed E-state index contributed by atoms with van der Waals surface area (Å²) in [5.41, 5.74) is 3.72. The second-order valence-electron chi connectivity index (χ2n) is 4.13. The highest BCUT2D eigenvalue weighted by molar-refractivity contribution is 7.11. The first kappa shape index (κ1) is 15.2. The minimum absolute atomic E-state index is 0.484. The molecule has 0 aliphatic rings. The van der Waals surface area contributed by atoms with E-state index in [-0.39, 0.29) is 0 Å². The molecule has 0 fully saturated rings. The lowest BCUT2D eigenvalue weighted by atomic mass is 10.3. The highest BCUT2D eigenvalue weighted by Gasteiger charge is 2.12. The van der Waals surface area contributed by atoms with Crippen molar-refractivity contribution in [3.63, 3.8) is 0 Å². The molecule has 2 amide bonds. The summed E-state index contributed by atoms with van der Waals surface area (Å²) in [7, 11) is 0. The lowest BCUT2D eigenvalue weighted by Gasteiger charge is -2.03. The average molecular weight is 322 g/mol. The third-order valence-electron chi connectivity index (χ3n) is 2.56. The molecule has 0 saturated carbocycles. The fourth-order valence-electron chi connectivity index (χ4n) is 1.44. The number of rotatable bonds is 3. The van der Waals surface area contributed by atoms with Gasteiger partial charge in [-0.05, 0) is 48.2 Å². The van der Waals surface area contributed by atoms with Gasteiger partial charge in [-0.15, -0.1) is 11.3 Å². The van der Waals surface area contributed by atoms with Crippen molar-refractivity contribution in [2.75, 3.05) is 5.32 Å². The van der Waals surface area contributed by atoms with E-state index in [9.17, 15) is 9.59 Å². The summed E-state index contributed by atoms with van der Waals surface area (Å²) in [6.45, 7) is 1.94. The average Bonchev–Trinajstić information content (AvgIpc) is 2.87. The van der Waals surface area contributed by atoms with Crippen LogP contribution in [0.1, 0.15) is 10.4 Å². The Hall–Kier alpha value is -2.18. The van der Waals surface area contributed by atoms with Crippen LogP contribution < -0.4 is 10.7 Å². The molecule has 1 aromatic carbocycles. The molecule has 1 aromatic heterocycles. The van der Waals surface area contributed by atoms with Gasteiger partial charge in [0.05, 0.1) is 6.21 Å². The topological polar surface area (TPSA) is 70.6 Å². The molecule has 1 heterocycles. The number of hydrogen-bond acceptors (Lipinski definition) is 4. The molecule has 2 rings (SSSR count). The van der Waals surface area contributed by atoms with Crippen LogP contribution in [-0.2, 0) is 9.59 Å². The second kappa shape index (κ2) is 7.01. The van der Waals surface area contributed by atoms with Crippen molar-refractivity contribution in [1.82, 2.24) is 5.43 Å². The number of benzene rings is 1. The minimum Gasteiger partial charge on any atom is -0.318 e. The Bertz CT molecular complexity index is 680. The molecule has 0 radical (unpaired) electrons. The molecule has 0 spiro atoms. The van der Waals surface area contributed by atoms with Crippen LogP contribution in [0, 0.1) is 6.92 Å². The molecule has 21 heavy (non-hydrogen) atoms. The van der Waals surface area contributed by atoms with Gasteiger partial charge >= 0.3 is 11.8 Å². The molecule has 0 atom stereocenters. The second-order valence-corrected chi connectivity index (χ2v) is 5.51. The van der Waals surface area contributed by atoms with Gasteiger partial charge in [-0.25, -0.2) is 5.43 Å². The van der Waals surface area contributed by atoms with E-state index in [4.69, 9.17) is 11.6 Å². The maximum atomic E-state index is 11.6. The largest absolute Gasteiger partial charge is 0.329 e. The molecule has 108 valence electrons. The molecule has 2 aromatic rings. The van der Waals surface area contributed by atoms with Crippen molar-refractivity contribution in [1.29, 1.82) is 0 Å². The van der Waals surface area contributed by atoms with Crippen LogP contribution in [0.3, 0.4) is 0 Å². The summed E-state index contributed by atoms with van der Waals surface area (Å²) in [5, 5.41) is 8.67. The molecule has 2 N–H and O–H groups in total.